The van der Waals surface area contributed by atoms with Crippen LogP contribution in [0.3, 0.4) is 0 Å². The molecule has 0 fully saturated rings. The van der Waals surface area contributed by atoms with Crippen LogP contribution in [0.1, 0.15) is 47.5 Å². The predicted octanol–water partition coefficient (Wildman–Crippen LogP) is 3.68. The van der Waals surface area contributed by atoms with E-state index in [0.29, 0.717) is 6.42 Å². The number of hydrogen-bond donors (Lipinski definition) is 1. The highest BCUT2D eigenvalue weighted by atomic mass is 28.4. The van der Waals surface area contributed by atoms with Gasteiger partial charge in [-0.2, -0.15) is 0 Å². The fourth-order valence-corrected chi connectivity index (χ4v) is 2.96. The van der Waals surface area contributed by atoms with E-state index in [1.165, 1.54) is 13.0 Å². The molecule has 0 aromatic heterocycles. The Balaban J connectivity index is 4.20. The average Bonchev–Trinajstić information content (AvgIpc) is 2.21. The number of hydrogen-bond acceptors (Lipinski definition) is 3. The normalized spacial score (nSPS) is 16.6. The number of ketones is 1. The molecule has 0 aliphatic carbocycles. The maximum absolute atomic E-state index is 10.8. The molecule has 2 atom stereocenters. The first-order chi connectivity index (χ1) is 8.45. The van der Waals surface area contributed by atoms with Crippen LogP contribution >= 0.6 is 0 Å². The summed E-state index contributed by atoms with van der Waals surface area (Å²) in [5.41, 5.74) is 0. The van der Waals surface area contributed by atoms with Crippen LogP contribution in [0.2, 0.25) is 18.1 Å². The molecular formula is C15H30O3Si. The smallest absolute Gasteiger partial charge is 0.192 e. The zero-order chi connectivity index (χ0) is 15.3. The Hall–Kier alpha value is -0.453. The summed E-state index contributed by atoms with van der Waals surface area (Å²) >= 11 is 0. The molecule has 0 aliphatic heterocycles. The van der Waals surface area contributed by atoms with Gasteiger partial charge < -0.3 is 9.53 Å². The van der Waals surface area contributed by atoms with Crippen molar-refractivity contribution in [1.29, 1.82) is 0 Å². The highest BCUT2D eigenvalue weighted by molar-refractivity contribution is 6.74. The molecule has 112 valence electrons. The zero-order valence-corrected chi connectivity index (χ0v) is 14.5. The summed E-state index contributed by atoms with van der Waals surface area (Å²) < 4.78 is 6.21. The van der Waals surface area contributed by atoms with Gasteiger partial charge >= 0.3 is 0 Å². The fraction of sp³-hybridized carbons (Fsp3) is 0.800. The van der Waals surface area contributed by atoms with Crippen LogP contribution in [0, 0.1) is 0 Å². The van der Waals surface area contributed by atoms with E-state index in [1.54, 1.807) is 6.08 Å². The summed E-state index contributed by atoms with van der Waals surface area (Å²) in [6.45, 7) is 14.7. The summed E-state index contributed by atoms with van der Waals surface area (Å²) in [5, 5.41) is 9.92. The topological polar surface area (TPSA) is 46.5 Å². The number of aliphatic hydroxyl groups is 1. The van der Waals surface area contributed by atoms with E-state index in [-0.39, 0.29) is 16.9 Å². The van der Waals surface area contributed by atoms with Gasteiger partial charge in [0.05, 0.1) is 6.10 Å². The summed E-state index contributed by atoms with van der Waals surface area (Å²) in [6, 6.07) is 0. The Morgan fingerprint density at radius 2 is 1.84 bits per heavy atom. The second kappa shape index (κ2) is 7.36. The maximum atomic E-state index is 10.8. The summed E-state index contributed by atoms with van der Waals surface area (Å²) in [5.74, 6) is -0.0374. The van der Waals surface area contributed by atoms with Crippen molar-refractivity contribution in [2.45, 2.75) is 77.8 Å². The Labute approximate surface area is 119 Å². The molecule has 0 rings (SSSR count). The van der Waals surface area contributed by atoms with Crippen molar-refractivity contribution in [3.63, 3.8) is 0 Å². The molecule has 0 amide bonds. The largest absolute Gasteiger partial charge is 0.414 e. The zero-order valence-electron chi connectivity index (χ0n) is 13.5. The van der Waals surface area contributed by atoms with Gasteiger partial charge in [0.1, 0.15) is 0 Å². The van der Waals surface area contributed by atoms with Crippen LogP contribution in [-0.2, 0) is 9.22 Å². The first kappa shape index (κ1) is 18.5. The molecule has 0 heterocycles. The summed E-state index contributed by atoms with van der Waals surface area (Å²) in [6.07, 6.45) is 3.98. The minimum Gasteiger partial charge on any atom is -0.414 e. The molecule has 0 aromatic rings. The van der Waals surface area contributed by atoms with Crippen molar-refractivity contribution in [1.82, 2.24) is 0 Å². The van der Waals surface area contributed by atoms with E-state index >= 15 is 0 Å². The molecule has 0 radical (unpaired) electrons. The highest BCUT2D eigenvalue weighted by Gasteiger charge is 2.38. The second-order valence-corrected chi connectivity index (χ2v) is 11.6. The van der Waals surface area contributed by atoms with Crippen LogP contribution in [0.25, 0.3) is 0 Å². The minimum absolute atomic E-state index is 0.0374. The lowest BCUT2D eigenvalue weighted by Gasteiger charge is -2.38. The van der Waals surface area contributed by atoms with Gasteiger partial charge in [-0.15, -0.1) is 0 Å². The second-order valence-electron chi connectivity index (χ2n) is 6.80. The van der Waals surface area contributed by atoms with E-state index in [4.69, 9.17) is 4.43 Å². The fourth-order valence-electron chi connectivity index (χ4n) is 1.49. The van der Waals surface area contributed by atoms with Gasteiger partial charge in [0.15, 0.2) is 14.1 Å². The molecule has 0 aromatic carbocycles. The third-order valence-corrected chi connectivity index (χ3v) is 8.33. The van der Waals surface area contributed by atoms with Gasteiger partial charge in [0, 0.05) is 6.10 Å². The van der Waals surface area contributed by atoms with Crippen LogP contribution in [0.4, 0.5) is 0 Å². The predicted molar refractivity (Wildman–Crippen MR) is 82.8 cm³/mol. The lowest BCUT2D eigenvalue weighted by Crippen LogP contribution is -2.43. The van der Waals surface area contributed by atoms with E-state index in [1.807, 2.05) is 0 Å². The van der Waals surface area contributed by atoms with Crippen molar-refractivity contribution in [3.8, 4) is 0 Å². The number of allylic oxidation sites excluding steroid dienone is 1. The molecule has 0 saturated carbocycles. The van der Waals surface area contributed by atoms with Gasteiger partial charge in [-0.05, 0) is 50.9 Å². The van der Waals surface area contributed by atoms with Crippen molar-refractivity contribution in [3.05, 3.63) is 12.2 Å². The molecule has 0 aliphatic rings. The van der Waals surface area contributed by atoms with Crippen molar-refractivity contribution in [2.75, 3.05) is 0 Å². The molecule has 0 bridgehead atoms. The van der Waals surface area contributed by atoms with Crippen LogP contribution in [-0.4, -0.2) is 31.4 Å². The van der Waals surface area contributed by atoms with E-state index in [2.05, 4.69) is 40.8 Å². The summed E-state index contributed by atoms with van der Waals surface area (Å²) in [7, 11) is -1.73. The molecule has 19 heavy (non-hydrogen) atoms. The number of carbonyl (C=O) groups excluding carboxylic acids is 1. The van der Waals surface area contributed by atoms with Crippen molar-refractivity contribution >= 4 is 14.1 Å². The first-order valence-electron chi connectivity index (χ1n) is 7.00. The first-order valence-corrected chi connectivity index (χ1v) is 9.91. The SMILES string of the molecule is CC(=O)/C=C/[C@@H](O)CC[C@@H](C)O[Si](C)(C)C(C)(C)C. The molecule has 4 heteroatoms. The van der Waals surface area contributed by atoms with Crippen molar-refractivity contribution in [2.24, 2.45) is 0 Å². The molecule has 0 spiro atoms. The highest BCUT2D eigenvalue weighted by Crippen LogP contribution is 2.37. The monoisotopic (exact) mass is 286 g/mol. The van der Waals surface area contributed by atoms with Crippen molar-refractivity contribution < 1.29 is 14.3 Å². The average molecular weight is 286 g/mol. The van der Waals surface area contributed by atoms with Crippen LogP contribution < -0.4 is 0 Å². The number of aliphatic hydroxyl groups excluding tert-OH is 1. The minimum atomic E-state index is -1.73. The third-order valence-electron chi connectivity index (χ3n) is 3.72. The van der Waals surface area contributed by atoms with Gasteiger partial charge in [-0.1, -0.05) is 26.8 Å². The molecule has 3 nitrogen and oxygen atoms in total. The van der Waals surface area contributed by atoms with Crippen LogP contribution in [0.5, 0.6) is 0 Å². The Bertz CT molecular complexity index is 316. The van der Waals surface area contributed by atoms with Gasteiger partial charge in [-0.3, -0.25) is 4.79 Å². The van der Waals surface area contributed by atoms with E-state index < -0.39 is 14.4 Å². The Morgan fingerprint density at radius 3 is 2.26 bits per heavy atom. The van der Waals surface area contributed by atoms with E-state index in [9.17, 15) is 9.90 Å². The quantitative estimate of drug-likeness (QED) is 0.573. The molecule has 1 N–H and O–H groups in total. The van der Waals surface area contributed by atoms with Crippen LogP contribution in [0.15, 0.2) is 12.2 Å². The standard InChI is InChI=1S/C15H30O3Si/c1-12(16)8-10-14(17)11-9-13(2)18-19(6,7)15(3,4)5/h8,10,13-14,17H,9,11H2,1-7H3/b10-8+/t13-,14-/m1/s1. The molecule has 0 saturated heterocycles. The lowest BCUT2D eigenvalue weighted by atomic mass is 10.1. The Morgan fingerprint density at radius 1 is 1.32 bits per heavy atom. The Kier molecular flexibility index (Phi) is 7.19. The van der Waals surface area contributed by atoms with Gasteiger partial charge in [0.2, 0.25) is 0 Å². The lowest BCUT2D eigenvalue weighted by molar-refractivity contribution is -0.112. The maximum Gasteiger partial charge on any atom is 0.192 e. The van der Waals surface area contributed by atoms with E-state index in [0.717, 1.165) is 6.42 Å². The van der Waals surface area contributed by atoms with Gasteiger partial charge in [-0.25, -0.2) is 0 Å². The van der Waals surface area contributed by atoms with Gasteiger partial charge in [0.25, 0.3) is 0 Å². The summed E-state index contributed by atoms with van der Waals surface area (Å²) in [4.78, 5) is 10.8. The number of carbonyl (C=O) groups is 1. The molecular weight excluding hydrogens is 256 g/mol. The number of rotatable bonds is 7. The molecule has 0 unspecified atom stereocenters. The third kappa shape index (κ3) is 7.65.